The third-order valence-corrected chi connectivity index (χ3v) is 9.15. The Morgan fingerprint density at radius 1 is 0.812 bits per heavy atom. The fourth-order valence-electron chi connectivity index (χ4n) is 3.96. The number of rotatable bonds is 6. The quantitative estimate of drug-likeness (QED) is 0.597. The second-order valence-electron chi connectivity index (χ2n) is 8.06. The highest BCUT2D eigenvalue weighted by molar-refractivity contribution is 7.89. The number of fused-ring (bicyclic) bond motifs is 1. The molecule has 1 heterocycles. The van der Waals surface area contributed by atoms with Gasteiger partial charge in [0.1, 0.15) is 0 Å². The molecule has 4 rings (SSSR count). The van der Waals surface area contributed by atoms with E-state index < -0.39 is 26.1 Å². The Morgan fingerprint density at radius 2 is 1.38 bits per heavy atom. The number of nitrogens with zero attached hydrogens (tertiary/aromatic N) is 1. The first-order valence-corrected chi connectivity index (χ1v) is 13.3. The summed E-state index contributed by atoms with van der Waals surface area (Å²) in [7, 11) is -7.60. The van der Waals surface area contributed by atoms with Gasteiger partial charge in [0.05, 0.1) is 15.8 Å². The van der Waals surface area contributed by atoms with E-state index >= 15 is 0 Å². The molecule has 0 amide bonds. The van der Waals surface area contributed by atoms with Gasteiger partial charge in [0.2, 0.25) is 20.0 Å². The van der Waals surface area contributed by atoms with Gasteiger partial charge in [0.25, 0.3) is 0 Å². The molecule has 8 heteroatoms. The topological polar surface area (TPSA) is 83.6 Å². The van der Waals surface area contributed by atoms with Crippen molar-refractivity contribution in [1.29, 1.82) is 0 Å². The van der Waals surface area contributed by atoms with Crippen LogP contribution in [0.3, 0.4) is 0 Å². The normalized spacial score (nSPS) is 17.1. The molecule has 6 nitrogen and oxygen atoms in total. The van der Waals surface area contributed by atoms with Crippen molar-refractivity contribution in [2.45, 2.75) is 36.1 Å². The first kappa shape index (κ1) is 22.7. The number of sulfonamides is 2. The van der Waals surface area contributed by atoms with Crippen LogP contribution in [0, 0.1) is 13.8 Å². The lowest BCUT2D eigenvalue weighted by molar-refractivity contribution is 0.307. The molecule has 3 aromatic rings. The third kappa shape index (κ3) is 4.49. The summed E-state index contributed by atoms with van der Waals surface area (Å²) >= 11 is 0. The molecule has 32 heavy (non-hydrogen) atoms. The summed E-state index contributed by atoms with van der Waals surface area (Å²) in [5.41, 5.74) is 3.78. The van der Waals surface area contributed by atoms with E-state index in [-0.39, 0.29) is 22.9 Å². The maximum absolute atomic E-state index is 13.5. The Balaban J connectivity index is 1.68. The first-order valence-electron chi connectivity index (χ1n) is 10.4. The predicted molar refractivity (Wildman–Crippen MR) is 124 cm³/mol. The van der Waals surface area contributed by atoms with Crippen LogP contribution in [0.4, 0.5) is 0 Å². The van der Waals surface area contributed by atoms with Crippen molar-refractivity contribution in [3.05, 3.63) is 95.1 Å². The van der Waals surface area contributed by atoms with Crippen molar-refractivity contribution in [3.63, 3.8) is 0 Å². The van der Waals surface area contributed by atoms with E-state index in [4.69, 9.17) is 0 Å². The van der Waals surface area contributed by atoms with Crippen molar-refractivity contribution in [3.8, 4) is 0 Å². The highest BCUT2D eigenvalue weighted by Gasteiger charge is 2.37. The Morgan fingerprint density at radius 3 is 2.00 bits per heavy atom. The van der Waals surface area contributed by atoms with E-state index in [0.29, 0.717) is 6.42 Å². The van der Waals surface area contributed by atoms with Gasteiger partial charge in [-0.1, -0.05) is 59.7 Å². The molecule has 0 bridgehead atoms. The third-order valence-electron chi connectivity index (χ3n) is 5.79. The fourth-order valence-corrected chi connectivity index (χ4v) is 6.61. The van der Waals surface area contributed by atoms with Crippen LogP contribution in [-0.2, 0) is 26.5 Å². The molecule has 1 aliphatic rings. The summed E-state index contributed by atoms with van der Waals surface area (Å²) in [4.78, 5) is 0.356. The monoisotopic (exact) mass is 470 g/mol. The van der Waals surface area contributed by atoms with E-state index in [1.807, 2.05) is 38.1 Å². The summed E-state index contributed by atoms with van der Waals surface area (Å²) < 4.78 is 56.8. The van der Waals surface area contributed by atoms with Crippen molar-refractivity contribution < 1.29 is 16.8 Å². The number of hydrogen-bond acceptors (Lipinski definition) is 4. The average molecular weight is 471 g/mol. The molecule has 1 N–H and O–H groups in total. The van der Waals surface area contributed by atoms with Crippen LogP contribution in [0.25, 0.3) is 0 Å². The van der Waals surface area contributed by atoms with Gasteiger partial charge in [-0.3, -0.25) is 0 Å². The first-order chi connectivity index (χ1) is 15.2. The van der Waals surface area contributed by atoms with E-state index in [1.54, 1.807) is 48.5 Å². The number of nitrogens with one attached hydrogen (secondary N) is 1. The SMILES string of the molecule is Cc1ccc(S(=O)(=O)NC[C@H]2c3ccccc3CCN2S(=O)(=O)c2ccc(C)cc2)cc1. The van der Waals surface area contributed by atoms with Crippen molar-refractivity contribution in [1.82, 2.24) is 9.03 Å². The van der Waals surface area contributed by atoms with Crippen molar-refractivity contribution >= 4 is 20.0 Å². The Hall–Kier alpha value is -2.52. The molecule has 0 unspecified atom stereocenters. The smallest absolute Gasteiger partial charge is 0.209 e. The van der Waals surface area contributed by atoms with Crippen LogP contribution >= 0.6 is 0 Å². The summed E-state index contributed by atoms with van der Waals surface area (Å²) in [6.45, 7) is 4.01. The zero-order valence-electron chi connectivity index (χ0n) is 18.0. The highest BCUT2D eigenvalue weighted by atomic mass is 32.2. The number of benzene rings is 3. The average Bonchev–Trinajstić information content (AvgIpc) is 2.78. The molecule has 0 saturated heterocycles. The standard InChI is InChI=1S/C24H26N2O4S2/c1-18-7-11-21(12-8-18)31(27,28)25-17-24-23-6-4-3-5-20(23)15-16-26(24)32(29,30)22-13-9-19(2)10-14-22/h3-14,24-25H,15-17H2,1-2H3/t24-/m0/s1. The van der Waals surface area contributed by atoms with Gasteiger partial charge in [-0.15, -0.1) is 0 Å². The van der Waals surface area contributed by atoms with Crippen LogP contribution in [0.5, 0.6) is 0 Å². The second kappa shape index (κ2) is 8.78. The maximum Gasteiger partial charge on any atom is 0.243 e. The van der Waals surface area contributed by atoms with Crippen LogP contribution < -0.4 is 4.72 Å². The summed E-state index contributed by atoms with van der Waals surface area (Å²) in [5, 5.41) is 0. The molecule has 0 aromatic heterocycles. The molecule has 0 radical (unpaired) electrons. The van der Waals surface area contributed by atoms with Gasteiger partial charge in [0.15, 0.2) is 0 Å². The lowest BCUT2D eigenvalue weighted by atomic mass is 9.94. The van der Waals surface area contributed by atoms with Gasteiger partial charge in [0, 0.05) is 13.1 Å². The largest absolute Gasteiger partial charge is 0.243 e. The highest BCUT2D eigenvalue weighted by Crippen LogP contribution is 2.34. The number of aryl methyl sites for hydroxylation is 2. The summed E-state index contributed by atoms with van der Waals surface area (Å²) in [5.74, 6) is 0. The van der Waals surface area contributed by atoms with E-state index in [0.717, 1.165) is 22.3 Å². The molecular formula is C24H26N2O4S2. The van der Waals surface area contributed by atoms with Gasteiger partial charge in [-0.05, 0) is 55.7 Å². The molecule has 1 atom stereocenters. The lowest BCUT2D eigenvalue weighted by Crippen LogP contribution is -2.45. The maximum atomic E-state index is 13.5. The minimum atomic E-state index is -3.81. The van der Waals surface area contributed by atoms with Gasteiger partial charge < -0.3 is 0 Å². The minimum absolute atomic E-state index is 0.0572. The molecule has 0 fully saturated rings. The number of hydrogen-bond donors (Lipinski definition) is 1. The van der Waals surface area contributed by atoms with Crippen LogP contribution in [0.15, 0.2) is 82.6 Å². The predicted octanol–water partition coefficient (Wildman–Crippen LogP) is 3.57. The van der Waals surface area contributed by atoms with E-state index in [1.165, 1.54) is 4.31 Å². The van der Waals surface area contributed by atoms with Gasteiger partial charge in [-0.25, -0.2) is 21.6 Å². The van der Waals surface area contributed by atoms with Gasteiger partial charge in [-0.2, -0.15) is 4.31 Å². The second-order valence-corrected chi connectivity index (χ2v) is 11.7. The summed E-state index contributed by atoms with van der Waals surface area (Å²) in [6.07, 6.45) is 0.572. The molecule has 0 saturated carbocycles. The van der Waals surface area contributed by atoms with Crippen LogP contribution in [0.2, 0.25) is 0 Å². The molecule has 3 aromatic carbocycles. The molecule has 0 spiro atoms. The van der Waals surface area contributed by atoms with Crippen molar-refractivity contribution in [2.75, 3.05) is 13.1 Å². The summed E-state index contributed by atoms with van der Waals surface area (Å²) in [6, 6.07) is 20.2. The van der Waals surface area contributed by atoms with Crippen molar-refractivity contribution in [2.24, 2.45) is 0 Å². The Labute approximate surface area is 190 Å². The zero-order chi connectivity index (χ0) is 22.9. The lowest BCUT2D eigenvalue weighted by Gasteiger charge is -2.36. The van der Waals surface area contributed by atoms with Crippen LogP contribution in [0.1, 0.15) is 28.3 Å². The molecule has 168 valence electrons. The minimum Gasteiger partial charge on any atom is -0.209 e. The molecule has 0 aliphatic carbocycles. The Bertz CT molecular complexity index is 1320. The zero-order valence-corrected chi connectivity index (χ0v) is 19.7. The van der Waals surface area contributed by atoms with E-state index in [2.05, 4.69) is 4.72 Å². The molecule has 1 aliphatic heterocycles. The molecular weight excluding hydrogens is 444 g/mol. The fraction of sp³-hybridized carbons (Fsp3) is 0.250. The van der Waals surface area contributed by atoms with E-state index in [9.17, 15) is 16.8 Å². The Kier molecular flexibility index (Phi) is 6.22. The van der Waals surface area contributed by atoms with Crippen LogP contribution in [-0.4, -0.2) is 34.2 Å². The van der Waals surface area contributed by atoms with Gasteiger partial charge >= 0.3 is 0 Å².